The van der Waals surface area contributed by atoms with Gasteiger partial charge in [-0.05, 0) is 41.3 Å². The number of hydrogen-bond acceptors (Lipinski definition) is 3. The molecule has 0 amide bonds. The number of rotatable bonds is 3. The molecule has 4 aromatic rings. The van der Waals surface area contributed by atoms with Crippen molar-refractivity contribution in [1.29, 1.82) is 0 Å². The molecule has 0 radical (unpaired) electrons. The number of carbonyl (C=O) groups is 1. The quantitative estimate of drug-likeness (QED) is 0.523. The van der Waals surface area contributed by atoms with Crippen molar-refractivity contribution in [2.24, 2.45) is 0 Å². The van der Waals surface area contributed by atoms with Crippen molar-refractivity contribution in [2.75, 3.05) is 0 Å². The molecule has 1 heterocycles. The molecule has 28 heavy (non-hydrogen) atoms. The second-order valence-electron chi connectivity index (χ2n) is 7.13. The van der Waals surface area contributed by atoms with Crippen LogP contribution in [0.3, 0.4) is 0 Å². The molecule has 1 aromatic heterocycles. The number of carbonyl (C=O) groups excluding carboxylic acids is 1. The van der Waals surface area contributed by atoms with E-state index in [4.69, 9.17) is 0 Å². The zero-order chi connectivity index (χ0) is 18.9. The molecule has 0 saturated heterocycles. The van der Waals surface area contributed by atoms with Crippen LogP contribution >= 0.6 is 0 Å². The Bertz CT molecular complexity index is 1160. The minimum atomic E-state index is -0.401. The predicted octanol–water partition coefficient (Wildman–Crippen LogP) is 4.81. The third-order valence-electron chi connectivity index (χ3n) is 5.44. The summed E-state index contributed by atoms with van der Waals surface area (Å²) in [5.41, 5.74) is 5.00. The Morgan fingerprint density at radius 1 is 0.821 bits per heavy atom. The Balaban J connectivity index is 1.66. The summed E-state index contributed by atoms with van der Waals surface area (Å²) >= 11 is 0. The molecule has 2 unspecified atom stereocenters. The molecule has 0 N–H and O–H groups in total. The molecule has 2 atom stereocenters. The van der Waals surface area contributed by atoms with Crippen molar-refractivity contribution in [2.45, 2.75) is 18.4 Å². The van der Waals surface area contributed by atoms with Gasteiger partial charge in [0, 0.05) is 5.92 Å². The van der Waals surface area contributed by atoms with Crippen molar-refractivity contribution in [3.05, 3.63) is 102 Å². The van der Waals surface area contributed by atoms with E-state index < -0.39 is 6.04 Å². The van der Waals surface area contributed by atoms with Gasteiger partial charge < -0.3 is 0 Å². The van der Waals surface area contributed by atoms with Crippen LogP contribution in [0.5, 0.6) is 0 Å². The maximum Gasteiger partial charge on any atom is 0.181 e. The lowest BCUT2D eigenvalue weighted by Gasteiger charge is -2.31. The Labute approximate surface area is 163 Å². The van der Waals surface area contributed by atoms with Crippen molar-refractivity contribution < 1.29 is 4.79 Å². The Kier molecular flexibility index (Phi) is 4.09. The number of para-hydroxylation sites is 1. The highest BCUT2D eigenvalue weighted by Crippen LogP contribution is 2.42. The topological polar surface area (TPSA) is 47.8 Å². The van der Waals surface area contributed by atoms with Crippen LogP contribution in [0.15, 0.2) is 91.0 Å². The maximum absolute atomic E-state index is 13.3. The molecule has 0 spiro atoms. The van der Waals surface area contributed by atoms with Gasteiger partial charge in [0.1, 0.15) is 11.6 Å². The fourth-order valence-corrected chi connectivity index (χ4v) is 4.10. The van der Waals surface area contributed by atoms with Crippen molar-refractivity contribution in [3.8, 4) is 0 Å². The second-order valence-corrected chi connectivity index (χ2v) is 7.13. The lowest BCUT2D eigenvalue weighted by molar-refractivity contribution is -0.118. The molecule has 4 nitrogen and oxygen atoms in total. The first-order valence-electron chi connectivity index (χ1n) is 9.46. The number of benzene rings is 3. The lowest BCUT2D eigenvalue weighted by atomic mass is 9.77. The summed E-state index contributed by atoms with van der Waals surface area (Å²) in [4.78, 5) is 13.3. The Morgan fingerprint density at radius 2 is 1.50 bits per heavy atom. The van der Waals surface area contributed by atoms with Crippen LogP contribution in [0.2, 0.25) is 0 Å². The lowest BCUT2D eigenvalue weighted by Crippen LogP contribution is -2.29. The molecule has 136 valence electrons. The van der Waals surface area contributed by atoms with Crippen LogP contribution < -0.4 is 0 Å². The highest BCUT2D eigenvalue weighted by Gasteiger charge is 2.36. The summed E-state index contributed by atoms with van der Waals surface area (Å²) in [6, 6.07) is 27.8. The first-order valence-corrected chi connectivity index (χ1v) is 9.46. The van der Waals surface area contributed by atoms with E-state index in [1.165, 1.54) is 0 Å². The fraction of sp³-hybridized carbons (Fsp3) is 0.125. The summed E-state index contributed by atoms with van der Waals surface area (Å²) in [6.45, 7) is 0. The van der Waals surface area contributed by atoms with E-state index in [2.05, 4.69) is 34.6 Å². The molecule has 0 fully saturated rings. The fourth-order valence-electron chi connectivity index (χ4n) is 4.10. The number of fused-ring (bicyclic) bond motifs is 1. The van der Waals surface area contributed by atoms with Gasteiger partial charge in [0.25, 0.3) is 0 Å². The summed E-state index contributed by atoms with van der Waals surface area (Å²) < 4.78 is 1.80. The summed E-state index contributed by atoms with van der Waals surface area (Å²) in [5.74, 6) is 0.0635. The van der Waals surface area contributed by atoms with E-state index in [-0.39, 0.29) is 11.7 Å². The van der Waals surface area contributed by atoms with Gasteiger partial charge in [-0.3, -0.25) is 4.79 Å². The third-order valence-corrected chi connectivity index (χ3v) is 5.44. The Hall–Kier alpha value is -3.53. The largest absolute Gasteiger partial charge is 0.292 e. The van der Waals surface area contributed by atoms with E-state index in [0.717, 1.165) is 34.2 Å². The molecule has 0 bridgehead atoms. The van der Waals surface area contributed by atoms with Gasteiger partial charge in [-0.2, -0.15) is 0 Å². The predicted molar refractivity (Wildman–Crippen MR) is 110 cm³/mol. The minimum absolute atomic E-state index is 0.000915. The molecule has 5 rings (SSSR count). The smallest absolute Gasteiger partial charge is 0.181 e. The summed E-state index contributed by atoms with van der Waals surface area (Å²) in [5, 5.41) is 8.63. The van der Waals surface area contributed by atoms with E-state index >= 15 is 0 Å². The normalized spacial score (nSPS) is 19.6. The van der Waals surface area contributed by atoms with E-state index in [0.29, 0.717) is 0 Å². The van der Waals surface area contributed by atoms with Crippen LogP contribution in [0.1, 0.15) is 29.5 Å². The molecule has 1 aliphatic carbocycles. The average Bonchev–Trinajstić information content (AvgIpc) is 3.18. The van der Waals surface area contributed by atoms with Crippen LogP contribution in [0, 0.1) is 0 Å². The standard InChI is InChI=1S/C24H19N3O/c28-23-16-19(17-9-3-1-4-10-17)15-20(18-11-5-2-6-12-18)24(23)27-22-14-8-7-13-21(22)25-26-27/h1-14,16,20,24H,15H2. The highest BCUT2D eigenvalue weighted by atomic mass is 16.1. The number of aromatic nitrogens is 3. The first kappa shape index (κ1) is 16.6. The third kappa shape index (κ3) is 2.83. The van der Waals surface area contributed by atoms with E-state index in [1.807, 2.05) is 60.7 Å². The SMILES string of the molecule is O=C1C=C(c2ccccc2)CC(c2ccccc2)C1n1nnc2ccccc21. The number of nitrogens with zero attached hydrogens (tertiary/aromatic N) is 3. The molecular formula is C24H19N3O. The zero-order valence-corrected chi connectivity index (χ0v) is 15.3. The van der Waals surface area contributed by atoms with Gasteiger partial charge in [0.2, 0.25) is 0 Å². The molecule has 1 aliphatic rings. The van der Waals surface area contributed by atoms with Crippen molar-refractivity contribution >= 4 is 22.4 Å². The van der Waals surface area contributed by atoms with Gasteiger partial charge >= 0.3 is 0 Å². The van der Waals surface area contributed by atoms with Gasteiger partial charge in [-0.15, -0.1) is 5.10 Å². The average molecular weight is 365 g/mol. The molecular weight excluding hydrogens is 346 g/mol. The minimum Gasteiger partial charge on any atom is -0.292 e. The Morgan fingerprint density at radius 3 is 2.29 bits per heavy atom. The number of allylic oxidation sites excluding steroid dienone is 2. The summed E-state index contributed by atoms with van der Waals surface area (Å²) in [6.07, 6.45) is 2.56. The van der Waals surface area contributed by atoms with Crippen molar-refractivity contribution in [1.82, 2.24) is 15.0 Å². The van der Waals surface area contributed by atoms with Crippen molar-refractivity contribution in [3.63, 3.8) is 0 Å². The molecule has 4 heteroatoms. The maximum atomic E-state index is 13.3. The monoisotopic (exact) mass is 365 g/mol. The van der Waals surface area contributed by atoms with Crippen LogP contribution in [0.25, 0.3) is 16.6 Å². The number of hydrogen-bond donors (Lipinski definition) is 0. The molecule has 0 saturated carbocycles. The highest BCUT2D eigenvalue weighted by molar-refractivity contribution is 6.02. The van der Waals surface area contributed by atoms with E-state index in [9.17, 15) is 4.79 Å². The number of ketones is 1. The van der Waals surface area contributed by atoms with Crippen LogP contribution in [-0.4, -0.2) is 20.8 Å². The van der Waals surface area contributed by atoms with Gasteiger partial charge in [0.05, 0.1) is 5.52 Å². The molecule has 3 aromatic carbocycles. The zero-order valence-electron chi connectivity index (χ0n) is 15.3. The molecule has 0 aliphatic heterocycles. The van der Waals surface area contributed by atoms with Gasteiger partial charge in [-0.1, -0.05) is 78.0 Å². The van der Waals surface area contributed by atoms with Gasteiger partial charge in [0.15, 0.2) is 5.78 Å². The van der Waals surface area contributed by atoms with Gasteiger partial charge in [-0.25, -0.2) is 4.68 Å². The van der Waals surface area contributed by atoms with E-state index in [1.54, 1.807) is 10.8 Å². The first-order chi connectivity index (χ1) is 13.8. The second kappa shape index (κ2) is 6.89. The van der Waals surface area contributed by atoms with Crippen LogP contribution in [-0.2, 0) is 4.79 Å². The summed E-state index contributed by atoms with van der Waals surface area (Å²) in [7, 11) is 0. The van der Waals surface area contributed by atoms with Crippen LogP contribution in [0.4, 0.5) is 0 Å².